The number of rotatable bonds is 5. The predicted octanol–water partition coefficient (Wildman–Crippen LogP) is 5.99. The fourth-order valence-electron chi connectivity index (χ4n) is 3.01. The van der Waals surface area contributed by atoms with Crippen LogP contribution in [0.15, 0.2) is 76.4 Å². The summed E-state index contributed by atoms with van der Waals surface area (Å²) in [5.74, 6) is 0.626. The van der Waals surface area contributed by atoms with Gasteiger partial charge in [0.05, 0.1) is 0 Å². The second-order valence-corrected chi connectivity index (χ2v) is 7.58. The highest BCUT2D eigenvalue weighted by Gasteiger charge is 2.10. The molecule has 0 aliphatic carbocycles. The molecule has 0 radical (unpaired) electrons. The molecule has 0 bridgehead atoms. The van der Waals surface area contributed by atoms with Crippen molar-refractivity contribution in [2.24, 2.45) is 0 Å². The van der Waals surface area contributed by atoms with E-state index in [0.717, 1.165) is 39.2 Å². The second kappa shape index (κ2) is 7.90. The fraction of sp³-hybridized carbons (Fsp3) is 0.130. The maximum absolute atomic E-state index is 12.6. The van der Waals surface area contributed by atoms with Crippen molar-refractivity contribution in [2.45, 2.75) is 24.8 Å². The predicted molar refractivity (Wildman–Crippen MR) is 114 cm³/mol. The molecule has 4 rings (SSSR count). The topological polar surface area (TPSA) is 55.1 Å². The number of amides is 1. The van der Waals surface area contributed by atoms with Crippen LogP contribution in [0.4, 0.5) is 5.69 Å². The molecule has 0 fully saturated rings. The van der Waals surface area contributed by atoms with Crippen LogP contribution in [0, 0.1) is 13.8 Å². The number of thioether (sulfide) groups is 1. The molecule has 0 unspecified atom stereocenters. The SMILES string of the molecule is Cc1cccc(C)c1NC(=O)c1ccc(CSc2nc3ccccc3o2)cc1. The Kier molecular flexibility index (Phi) is 5.17. The molecular weight excluding hydrogens is 368 g/mol. The number of anilines is 1. The van der Waals surface area contributed by atoms with Crippen LogP contribution in [0.5, 0.6) is 0 Å². The third kappa shape index (κ3) is 3.94. The normalized spacial score (nSPS) is 10.9. The van der Waals surface area contributed by atoms with Gasteiger partial charge < -0.3 is 9.73 Å². The maximum Gasteiger partial charge on any atom is 0.257 e. The average Bonchev–Trinajstić information content (AvgIpc) is 3.12. The highest BCUT2D eigenvalue weighted by atomic mass is 32.2. The van der Waals surface area contributed by atoms with E-state index in [0.29, 0.717) is 10.8 Å². The minimum Gasteiger partial charge on any atom is -0.431 e. The minimum atomic E-state index is -0.101. The molecule has 0 aliphatic rings. The summed E-state index contributed by atoms with van der Waals surface area (Å²) >= 11 is 1.54. The first-order valence-corrected chi connectivity index (χ1v) is 10.0. The van der Waals surface area contributed by atoms with Crippen molar-refractivity contribution >= 4 is 34.5 Å². The summed E-state index contributed by atoms with van der Waals surface area (Å²) in [6, 6.07) is 21.3. The lowest BCUT2D eigenvalue weighted by atomic mass is 10.1. The summed E-state index contributed by atoms with van der Waals surface area (Å²) in [6.07, 6.45) is 0. The molecule has 1 amide bonds. The van der Waals surface area contributed by atoms with Gasteiger partial charge in [0, 0.05) is 17.0 Å². The fourth-order valence-corrected chi connectivity index (χ4v) is 3.80. The molecule has 0 aliphatic heterocycles. The van der Waals surface area contributed by atoms with E-state index >= 15 is 0 Å². The van der Waals surface area contributed by atoms with E-state index in [9.17, 15) is 4.79 Å². The summed E-state index contributed by atoms with van der Waals surface area (Å²) in [4.78, 5) is 17.0. The summed E-state index contributed by atoms with van der Waals surface area (Å²) in [5, 5.41) is 3.67. The van der Waals surface area contributed by atoms with E-state index in [1.165, 1.54) is 0 Å². The van der Waals surface area contributed by atoms with Crippen LogP contribution in [-0.2, 0) is 5.75 Å². The van der Waals surface area contributed by atoms with E-state index in [-0.39, 0.29) is 5.91 Å². The van der Waals surface area contributed by atoms with Crippen LogP contribution in [0.3, 0.4) is 0 Å². The van der Waals surface area contributed by atoms with Crippen LogP contribution in [0.2, 0.25) is 0 Å². The molecular formula is C23H20N2O2S. The number of fused-ring (bicyclic) bond motifs is 1. The third-order valence-corrected chi connectivity index (χ3v) is 5.47. The zero-order valence-corrected chi connectivity index (χ0v) is 16.5. The van der Waals surface area contributed by atoms with Gasteiger partial charge in [0.15, 0.2) is 5.58 Å². The Labute approximate surface area is 168 Å². The van der Waals surface area contributed by atoms with Crippen molar-refractivity contribution in [2.75, 3.05) is 5.32 Å². The van der Waals surface area contributed by atoms with Gasteiger partial charge in [0.2, 0.25) is 0 Å². The number of carbonyl (C=O) groups excluding carboxylic acids is 1. The lowest BCUT2D eigenvalue weighted by Crippen LogP contribution is -2.13. The lowest BCUT2D eigenvalue weighted by Gasteiger charge is -2.11. The molecule has 1 heterocycles. The molecule has 1 N–H and O–H groups in total. The summed E-state index contributed by atoms with van der Waals surface area (Å²) < 4.78 is 5.73. The number of aryl methyl sites for hydroxylation is 2. The van der Waals surface area contributed by atoms with Gasteiger partial charge in [0.1, 0.15) is 5.52 Å². The zero-order valence-electron chi connectivity index (χ0n) is 15.7. The van der Waals surface area contributed by atoms with E-state index in [2.05, 4.69) is 10.3 Å². The average molecular weight is 388 g/mol. The third-order valence-electron chi connectivity index (χ3n) is 4.57. The quantitative estimate of drug-likeness (QED) is 0.427. The van der Waals surface area contributed by atoms with E-state index in [4.69, 9.17) is 4.42 Å². The molecule has 0 saturated carbocycles. The number of hydrogen-bond donors (Lipinski definition) is 1. The van der Waals surface area contributed by atoms with Gasteiger partial charge in [-0.3, -0.25) is 4.79 Å². The van der Waals surface area contributed by atoms with Crippen molar-refractivity contribution in [1.82, 2.24) is 4.98 Å². The number of carbonyl (C=O) groups is 1. The lowest BCUT2D eigenvalue weighted by molar-refractivity contribution is 0.102. The highest BCUT2D eigenvalue weighted by Crippen LogP contribution is 2.26. The molecule has 4 aromatic rings. The number of aromatic nitrogens is 1. The molecule has 5 heteroatoms. The van der Waals surface area contributed by atoms with Crippen molar-refractivity contribution in [3.63, 3.8) is 0 Å². The van der Waals surface area contributed by atoms with Gasteiger partial charge >= 0.3 is 0 Å². The summed E-state index contributed by atoms with van der Waals surface area (Å²) in [7, 11) is 0. The van der Waals surface area contributed by atoms with E-state index < -0.39 is 0 Å². The number of nitrogens with zero attached hydrogens (tertiary/aromatic N) is 1. The molecule has 4 nitrogen and oxygen atoms in total. The second-order valence-electron chi connectivity index (χ2n) is 6.65. The summed E-state index contributed by atoms with van der Waals surface area (Å²) in [5.41, 5.74) is 6.39. The van der Waals surface area contributed by atoms with Gasteiger partial charge in [0.25, 0.3) is 11.1 Å². The molecule has 3 aromatic carbocycles. The van der Waals surface area contributed by atoms with Crippen LogP contribution in [0.1, 0.15) is 27.0 Å². The van der Waals surface area contributed by atoms with Crippen LogP contribution in [-0.4, -0.2) is 10.9 Å². The minimum absolute atomic E-state index is 0.101. The summed E-state index contributed by atoms with van der Waals surface area (Å²) in [6.45, 7) is 3.99. The smallest absolute Gasteiger partial charge is 0.257 e. The molecule has 140 valence electrons. The largest absolute Gasteiger partial charge is 0.431 e. The van der Waals surface area contributed by atoms with Crippen LogP contribution < -0.4 is 5.32 Å². The van der Waals surface area contributed by atoms with Gasteiger partial charge in [-0.25, -0.2) is 4.98 Å². The Bertz CT molecular complexity index is 1080. The maximum atomic E-state index is 12.6. The van der Waals surface area contributed by atoms with E-state index in [1.807, 2.05) is 80.6 Å². The molecule has 28 heavy (non-hydrogen) atoms. The van der Waals surface area contributed by atoms with Gasteiger partial charge in [-0.1, -0.05) is 54.2 Å². The first-order valence-electron chi connectivity index (χ1n) is 9.05. The Hall–Kier alpha value is -3.05. The van der Waals surface area contributed by atoms with Gasteiger partial charge in [-0.2, -0.15) is 0 Å². The van der Waals surface area contributed by atoms with Gasteiger partial charge in [-0.05, 0) is 54.8 Å². The highest BCUT2D eigenvalue weighted by molar-refractivity contribution is 7.98. The van der Waals surface area contributed by atoms with Crippen molar-refractivity contribution < 1.29 is 9.21 Å². The molecule has 0 atom stereocenters. The van der Waals surface area contributed by atoms with Gasteiger partial charge in [-0.15, -0.1) is 0 Å². The Morgan fingerprint density at radius 1 is 0.964 bits per heavy atom. The standard InChI is InChI=1S/C23H20N2O2S/c1-15-6-5-7-16(2)21(15)25-22(26)18-12-10-17(11-13-18)14-28-23-24-19-8-3-4-9-20(19)27-23/h3-13H,14H2,1-2H3,(H,25,26). The van der Waals surface area contributed by atoms with Crippen molar-refractivity contribution in [3.05, 3.63) is 89.0 Å². The number of para-hydroxylation sites is 3. The Balaban J connectivity index is 1.41. The molecule has 1 aromatic heterocycles. The van der Waals surface area contributed by atoms with E-state index in [1.54, 1.807) is 11.8 Å². The molecule has 0 saturated heterocycles. The van der Waals surface area contributed by atoms with Crippen molar-refractivity contribution in [1.29, 1.82) is 0 Å². The Morgan fingerprint density at radius 3 is 2.39 bits per heavy atom. The Morgan fingerprint density at radius 2 is 1.68 bits per heavy atom. The zero-order chi connectivity index (χ0) is 19.5. The number of hydrogen-bond acceptors (Lipinski definition) is 4. The number of oxazole rings is 1. The monoisotopic (exact) mass is 388 g/mol. The van der Waals surface area contributed by atoms with Crippen molar-refractivity contribution in [3.8, 4) is 0 Å². The molecule has 0 spiro atoms. The number of nitrogens with one attached hydrogen (secondary N) is 1. The first-order chi connectivity index (χ1) is 13.6. The van der Waals surface area contributed by atoms with Crippen LogP contribution in [0.25, 0.3) is 11.1 Å². The first kappa shape index (κ1) is 18.3. The number of benzene rings is 3. The van der Waals surface area contributed by atoms with Crippen LogP contribution >= 0.6 is 11.8 Å².